The summed E-state index contributed by atoms with van der Waals surface area (Å²) in [6.07, 6.45) is 0. The molecule has 0 aliphatic carbocycles. The zero-order valence-corrected chi connectivity index (χ0v) is 10.8. The summed E-state index contributed by atoms with van der Waals surface area (Å²) in [6.45, 7) is 4.01. The number of hydrogen-bond acceptors (Lipinski definition) is 3. The van der Waals surface area contributed by atoms with Crippen molar-refractivity contribution < 1.29 is 13.7 Å². The summed E-state index contributed by atoms with van der Waals surface area (Å²) in [6, 6.07) is 7.90. The van der Waals surface area contributed by atoms with Crippen LogP contribution in [0.1, 0.15) is 41.6 Å². The standard InChI is InChI=1S/C14H15FN2O2/c1-9(2)13-7-12(17-19-13)14(18)16-8-10-5-3-4-6-11(10)15/h3-7,9H,8H2,1-2H3,(H,16,18). The molecule has 1 aromatic carbocycles. The largest absolute Gasteiger partial charge is 0.360 e. The topological polar surface area (TPSA) is 55.1 Å². The van der Waals surface area contributed by atoms with Crippen molar-refractivity contribution in [2.24, 2.45) is 0 Å². The van der Waals surface area contributed by atoms with Gasteiger partial charge in [0.2, 0.25) is 0 Å². The van der Waals surface area contributed by atoms with E-state index in [0.29, 0.717) is 11.3 Å². The molecule has 0 aliphatic rings. The van der Waals surface area contributed by atoms with E-state index in [1.807, 2.05) is 13.8 Å². The van der Waals surface area contributed by atoms with Crippen LogP contribution in [0.15, 0.2) is 34.9 Å². The minimum absolute atomic E-state index is 0.120. The van der Waals surface area contributed by atoms with Gasteiger partial charge < -0.3 is 9.84 Å². The fourth-order valence-corrected chi connectivity index (χ4v) is 1.58. The van der Waals surface area contributed by atoms with Gasteiger partial charge in [-0.15, -0.1) is 0 Å². The van der Waals surface area contributed by atoms with Crippen LogP contribution in [0.4, 0.5) is 4.39 Å². The maximum Gasteiger partial charge on any atom is 0.273 e. The molecule has 5 heteroatoms. The lowest BCUT2D eigenvalue weighted by Crippen LogP contribution is -2.23. The zero-order valence-electron chi connectivity index (χ0n) is 10.8. The number of carbonyl (C=O) groups is 1. The van der Waals surface area contributed by atoms with E-state index in [2.05, 4.69) is 10.5 Å². The number of carbonyl (C=O) groups excluding carboxylic acids is 1. The molecule has 0 saturated carbocycles. The number of halogens is 1. The van der Waals surface area contributed by atoms with Gasteiger partial charge in [-0.1, -0.05) is 37.2 Å². The predicted octanol–water partition coefficient (Wildman–Crippen LogP) is 2.87. The second-order valence-electron chi connectivity index (χ2n) is 4.54. The number of nitrogens with one attached hydrogen (secondary N) is 1. The van der Waals surface area contributed by atoms with Crippen LogP contribution in [0, 0.1) is 5.82 Å². The highest BCUT2D eigenvalue weighted by atomic mass is 19.1. The minimum atomic E-state index is -0.376. The van der Waals surface area contributed by atoms with Crippen molar-refractivity contribution in [1.29, 1.82) is 0 Å². The Morgan fingerprint density at radius 2 is 2.16 bits per heavy atom. The first-order chi connectivity index (χ1) is 9.08. The Morgan fingerprint density at radius 3 is 2.79 bits per heavy atom. The first-order valence-corrected chi connectivity index (χ1v) is 6.06. The number of rotatable bonds is 4. The number of benzene rings is 1. The summed E-state index contributed by atoms with van der Waals surface area (Å²) >= 11 is 0. The van der Waals surface area contributed by atoms with Gasteiger partial charge in [0.1, 0.15) is 11.6 Å². The van der Waals surface area contributed by atoms with Crippen LogP contribution in [0.2, 0.25) is 0 Å². The molecule has 19 heavy (non-hydrogen) atoms. The lowest BCUT2D eigenvalue weighted by Gasteiger charge is -2.03. The molecule has 2 rings (SSSR count). The van der Waals surface area contributed by atoms with Crippen LogP contribution in [0.25, 0.3) is 0 Å². The average Bonchev–Trinajstić information content (AvgIpc) is 2.87. The first-order valence-electron chi connectivity index (χ1n) is 6.06. The molecule has 1 N–H and O–H groups in total. The lowest BCUT2D eigenvalue weighted by atomic mass is 10.1. The third kappa shape index (κ3) is 3.19. The van der Waals surface area contributed by atoms with E-state index in [1.165, 1.54) is 6.07 Å². The quantitative estimate of drug-likeness (QED) is 0.921. The maximum atomic E-state index is 13.4. The molecular weight excluding hydrogens is 247 g/mol. The van der Waals surface area contributed by atoms with E-state index in [1.54, 1.807) is 24.3 Å². The molecule has 0 fully saturated rings. The molecule has 1 amide bonds. The Balaban J connectivity index is 1.99. The summed E-state index contributed by atoms with van der Waals surface area (Å²) in [4.78, 5) is 11.8. The summed E-state index contributed by atoms with van der Waals surface area (Å²) in [5.74, 6) is 0.0985. The summed E-state index contributed by atoms with van der Waals surface area (Å²) < 4.78 is 18.4. The Kier molecular flexibility index (Phi) is 3.94. The second kappa shape index (κ2) is 5.65. The molecule has 0 aliphatic heterocycles. The molecule has 100 valence electrons. The zero-order chi connectivity index (χ0) is 13.8. The fourth-order valence-electron chi connectivity index (χ4n) is 1.58. The molecule has 0 radical (unpaired) electrons. The molecule has 0 unspecified atom stereocenters. The van der Waals surface area contributed by atoms with Gasteiger partial charge in [0, 0.05) is 24.1 Å². The highest BCUT2D eigenvalue weighted by Gasteiger charge is 2.14. The highest BCUT2D eigenvalue weighted by Crippen LogP contribution is 2.15. The molecule has 0 spiro atoms. The maximum absolute atomic E-state index is 13.4. The van der Waals surface area contributed by atoms with E-state index in [0.717, 1.165) is 0 Å². The van der Waals surface area contributed by atoms with Gasteiger partial charge in [0.15, 0.2) is 5.69 Å². The molecule has 0 atom stereocenters. The predicted molar refractivity (Wildman–Crippen MR) is 68.2 cm³/mol. The Labute approximate surface area is 110 Å². The van der Waals surface area contributed by atoms with Crippen molar-refractivity contribution in [3.8, 4) is 0 Å². The van der Waals surface area contributed by atoms with Gasteiger partial charge in [-0.05, 0) is 6.07 Å². The summed E-state index contributed by atoms with van der Waals surface area (Å²) in [7, 11) is 0. The Morgan fingerprint density at radius 1 is 1.42 bits per heavy atom. The van der Waals surface area contributed by atoms with Crippen molar-refractivity contribution in [3.63, 3.8) is 0 Å². The fraction of sp³-hybridized carbons (Fsp3) is 0.286. The third-order valence-corrected chi connectivity index (χ3v) is 2.73. The number of hydrogen-bond donors (Lipinski definition) is 1. The van der Waals surface area contributed by atoms with E-state index in [4.69, 9.17) is 4.52 Å². The summed E-state index contributed by atoms with van der Waals surface area (Å²) in [5, 5.41) is 6.30. The smallest absolute Gasteiger partial charge is 0.273 e. The third-order valence-electron chi connectivity index (χ3n) is 2.73. The van der Waals surface area contributed by atoms with E-state index in [-0.39, 0.29) is 29.9 Å². The van der Waals surface area contributed by atoms with Crippen LogP contribution >= 0.6 is 0 Å². The second-order valence-corrected chi connectivity index (χ2v) is 4.54. The van der Waals surface area contributed by atoms with Crippen molar-refractivity contribution in [2.45, 2.75) is 26.3 Å². The van der Waals surface area contributed by atoms with Crippen LogP contribution in [0.5, 0.6) is 0 Å². The number of aromatic nitrogens is 1. The SMILES string of the molecule is CC(C)c1cc(C(=O)NCc2ccccc2F)no1. The monoisotopic (exact) mass is 262 g/mol. The highest BCUT2D eigenvalue weighted by molar-refractivity contribution is 5.92. The van der Waals surface area contributed by atoms with Crippen LogP contribution in [0.3, 0.4) is 0 Å². The van der Waals surface area contributed by atoms with Crippen molar-refractivity contribution >= 4 is 5.91 Å². The summed E-state index contributed by atoms with van der Waals surface area (Å²) in [5.41, 5.74) is 0.642. The van der Waals surface area contributed by atoms with Gasteiger partial charge in [-0.2, -0.15) is 0 Å². The average molecular weight is 262 g/mol. The van der Waals surface area contributed by atoms with Gasteiger partial charge in [-0.25, -0.2) is 4.39 Å². The Hall–Kier alpha value is -2.17. The first kappa shape index (κ1) is 13.3. The van der Waals surface area contributed by atoms with Gasteiger partial charge in [-0.3, -0.25) is 4.79 Å². The van der Waals surface area contributed by atoms with Gasteiger partial charge >= 0.3 is 0 Å². The van der Waals surface area contributed by atoms with Crippen LogP contribution in [-0.4, -0.2) is 11.1 Å². The van der Waals surface area contributed by atoms with Crippen LogP contribution in [-0.2, 0) is 6.54 Å². The number of nitrogens with zero attached hydrogens (tertiary/aromatic N) is 1. The van der Waals surface area contributed by atoms with Crippen molar-refractivity contribution in [3.05, 3.63) is 53.2 Å². The van der Waals surface area contributed by atoms with E-state index < -0.39 is 0 Å². The molecule has 2 aromatic rings. The normalized spacial score (nSPS) is 10.7. The molecule has 4 nitrogen and oxygen atoms in total. The van der Waals surface area contributed by atoms with Gasteiger partial charge in [0.25, 0.3) is 5.91 Å². The van der Waals surface area contributed by atoms with Crippen molar-refractivity contribution in [1.82, 2.24) is 10.5 Å². The lowest BCUT2D eigenvalue weighted by molar-refractivity contribution is 0.0941. The van der Waals surface area contributed by atoms with E-state index in [9.17, 15) is 9.18 Å². The Bertz CT molecular complexity index is 578. The minimum Gasteiger partial charge on any atom is -0.360 e. The molecule has 1 heterocycles. The van der Waals surface area contributed by atoms with Crippen molar-refractivity contribution in [2.75, 3.05) is 0 Å². The van der Waals surface area contributed by atoms with Crippen LogP contribution < -0.4 is 5.32 Å². The van der Waals surface area contributed by atoms with E-state index >= 15 is 0 Å². The number of amides is 1. The van der Waals surface area contributed by atoms with Gasteiger partial charge in [0.05, 0.1) is 0 Å². The molecule has 0 saturated heterocycles. The molecule has 1 aromatic heterocycles. The molecular formula is C14H15FN2O2. The molecule has 0 bridgehead atoms.